The van der Waals surface area contributed by atoms with Crippen LogP contribution < -0.4 is 5.32 Å². The van der Waals surface area contributed by atoms with Crippen molar-refractivity contribution in [1.82, 2.24) is 9.21 Å². The fourth-order valence-electron chi connectivity index (χ4n) is 3.42. The minimum absolute atomic E-state index is 0.173. The lowest BCUT2D eigenvalue weighted by atomic mass is 10.1. The normalized spacial score (nSPS) is 19.3. The SMILES string of the molecule is CC(=O)Nc1ccc(S(=O)(=O)N2CCC(N3C(=O)COC3=O)CC2)c(C)c1. The van der Waals surface area contributed by atoms with Gasteiger partial charge in [-0.1, -0.05) is 0 Å². The fraction of sp³-hybridized carbons (Fsp3) is 0.471. The number of nitrogens with zero attached hydrogens (tertiary/aromatic N) is 2. The molecule has 1 N–H and O–H groups in total. The summed E-state index contributed by atoms with van der Waals surface area (Å²) in [4.78, 5) is 35.8. The van der Waals surface area contributed by atoms with Crippen LogP contribution in [0.15, 0.2) is 23.1 Å². The fourth-order valence-corrected chi connectivity index (χ4v) is 5.09. The van der Waals surface area contributed by atoms with E-state index in [1.807, 2.05) is 0 Å². The van der Waals surface area contributed by atoms with Gasteiger partial charge in [-0.15, -0.1) is 0 Å². The molecule has 0 spiro atoms. The Balaban J connectivity index is 1.72. The number of imide groups is 1. The van der Waals surface area contributed by atoms with Crippen LogP contribution in [-0.2, 0) is 24.3 Å². The Kier molecular flexibility index (Phi) is 5.20. The van der Waals surface area contributed by atoms with Gasteiger partial charge < -0.3 is 10.1 Å². The molecule has 27 heavy (non-hydrogen) atoms. The van der Waals surface area contributed by atoms with Crippen LogP contribution in [0.4, 0.5) is 10.5 Å². The Morgan fingerprint density at radius 1 is 1.22 bits per heavy atom. The summed E-state index contributed by atoms with van der Waals surface area (Å²) >= 11 is 0. The third-order valence-electron chi connectivity index (χ3n) is 4.69. The first kappa shape index (κ1) is 19.3. The monoisotopic (exact) mass is 395 g/mol. The van der Waals surface area contributed by atoms with E-state index in [0.717, 1.165) is 4.90 Å². The second-order valence-electron chi connectivity index (χ2n) is 6.62. The topological polar surface area (TPSA) is 113 Å². The molecule has 0 aliphatic carbocycles. The number of piperidine rings is 1. The Morgan fingerprint density at radius 2 is 1.89 bits per heavy atom. The maximum atomic E-state index is 13.0. The smallest absolute Gasteiger partial charge is 0.417 e. The van der Waals surface area contributed by atoms with Crippen molar-refractivity contribution in [1.29, 1.82) is 0 Å². The van der Waals surface area contributed by atoms with Gasteiger partial charge in [0.2, 0.25) is 15.9 Å². The van der Waals surface area contributed by atoms with E-state index in [1.165, 1.54) is 17.3 Å². The standard InChI is InChI=1S/C17H21N3O6S/c1-11-9-13(18-12(2)21)3-4-15(11)27(24,25)19-7-5-14(6-8-19)20-16(22)10-26-17(20)23/h3-4,9,14H,5-8,10H2,1-2H3,(H,18,21). The van der Waals surface area contributed by atoms with Gasteiger partial charge in [0.25, 0.3) is 5.91 Å². The van der Waals surface area contributed by atoms with Crippen LogP contribution in [0.25, 0.3) is 0 Å². The second kappa shape index (κ2) is 7.28. The summed E-state index contributed by atoms with van der Waals surface area (Å²) in [5.41, 5.74) is 1.06. The van der Waals surface area contributed by atoms with Crippen LogP contribution >= 0.6 is 0 Å². The lowest BCUT2D eigenvalue weighted by Gasteiger charge is -2.34. The zero-order valence-corrected chi connectivity index (χ0v) is 15.9. The van der Waals surface area contributed by atoms with Crippen molar-refractivity contribution in [3.05, 3.63) is 23.8 Å². The number of rotatable bonds is 4. The first-order valence-corrected chi connectivity index (χ1v) is 10.0. The summed E-state index contributed by atoms with van der Waals surface area (Å²) in [6.07, 6.45) is 0.0670. The van der Waals surface area contributed by atoms with Crippen molar-refractivity contribution >= 4 is 33.6 Å². The maximum absolute atomic E-state index is 13.0. The van der Waals surface area contributed by atoms with Crippen molar-refractivity contribution in [2.75, 3.05) is 25.0 Å². The Hall–Kier alpha value is -2.46. The predicted octanol–water partition coefficient (Wildman–Crippen LogP) is 1.09. The molecule has 2 saturated heterocycles. The molecule has 0 atom stereocenters. The average Bonchev–Trinajstić information content (AvgIpc) is 2.93. The van der Waals surface area contributed by atoms with Crippen molar-refractivity contribution in [2.24, 2.45) is 0 Å². The van der Waals surface area contributed by atoms with E-state index in [9.17, 15) is 22.8 Å². The molecular weight excluding hydrogens is 374 g/mol. The van der Waals surface area contributed by atoms with Crippen LogP contribution in [0, 0.1) is 6.92 Å². The number of sulfonamides is 1. The Morgan fingerprint density at radius 3 is 2.41 bits per heavy atom. The molecule has 0 saturated carbocycles. The summed E-state index contributed by atoms with van der Waals surface area (Å²) in [6.45, 7) is 3.21. The van der Waals surface area contributed by atoms with Gasteiger partial charge in [-0.05, 0) is 43.5 Å². The van der Waals surface area contributed by atoms with Crippen molar-refractivity contribution < 1.29 is 27.5 Å². The van der Waals surface area contributed by atoms with Crippen molar-refractivity contribution in [3.63, 3.8) is 0 Å². The summed E-state index contributed by atoms with van der Waals surface area (Å²) in [5, 5.41) is 2.62. The number of benzene rings is 1. The Bertz CT molecular complexity index is 874. The van der Waals surface area contributed by atoms with Gasteiger partial charge in [-0.25, -0.2) is 18.1 Å². The molecule has 3 amide bonds. The van der Waals surface area contributed by atoms with Crippen LogP contribution in [0.2, 0.25) is 0 Å². The number of aryl methyl sites for hydroxylation is 1. The quantitative estimate of drug-likeness (QED) is 0.816. The minimum Gasteiger partial charge on any atom is -0.439 e. The van der Waals surface area contributed by atoms with Gasteiger partial charge >= 0.3 is 6.09 Å². The van der Waals surface area contributed by atoms with E-state index in [-0.39, 0.29) is 42.4 Å². The number of amides is 3. The maximum Gasteiger partial charge on any atom is 0.417 e. The largest absolute Gasteiger partial charge is 0.439 e. The van der Waals surface area contributed by atoms with E-state index in [0.29, 0.717) is 24.1 Å². The third kappa shape index (κ3) is 3.81. The van der Waals surface area contributed by atoms with E-state index in [2.05, 4.69) is 5.32 Å². The molecule has 2 aliphatic heterocycles. The van der Waals surface area contributed by atoms with Gasteiger partial charge in [0, 0.05) is 31.7 Å². The average molecular weight is 395 g/mol. The summed E-state index contributed by atoms with van der Waals surface area (Å²) < 4.78 is 32.0. The number of ether oxygens (including phenoxy) is 1. The van der Waals surface area contributed by atoms with E-state index in [1.54, 1.807) is 19.1 Å². The molecule has 0 unspecified atom stereocenters. The third-order valence-corrected chi connectivity index (χ3v) is 6.75. The van der Waals surface area contributed by atoms with Crippen LogP contribution in [0.1, 0.15) is 25.3 Å². The lowest BCUT2D eigenvalue weighted by Crippen LogP contribution is -2.48. The predicted molar refractivity (Wildman–Crippen MR) is 95.5 cm³/mol. The molecule has 2 heterocycles. The first-order valence-electron chi connectivity index (χ1n) is 8.57. The zero-order chi connectivity index (χ0) is 19.8. The second-order valence-corrected chi connectivity index (χ2v) is 8.52. The molecule has 0 bridgehead atoms. The number of hydrogen-bond donors (Lipinski definition) is 1. The first-order chi connectivity index (χ1) is 12.7. The molecule has 146 valence electrons. The number of carbonyl (C=O) groups excluding carboxylic acids is 3. The molecule has 10 heteroatoms. The summed E-state index contributed by atoms with van der Waals surface area (Å²) in [5.74, 6) is -0.618. The summed E-state index contributed by atoms with van der Waals surface area (Å²) in [6, 6.07) is 4.29. The van der Waals surface area contributed by atoms with Gasteiger partial charge in [-0.3, -0.25) is 9.59 Å². The highest BCUT2D eigenvalue weighted by molar-refractivity contribution is 7.89. The van der Waals surface area contributed by atoms with E-state index in [4.69, 9.17) is 4.74 Å². The molecule has 2 fully saturated rings. The molecule has 2 aliphatic rings. The van der Waals surface area contributed by atoms with Gasteiger partial charge in [0.15, 0.2) is 6.61 Å². The van der Waals surface area contributed by atoms with Crippen LogP contribution in [0.3, 0.4) is 0 Å². The van der Waals surface area contributed by atoms with Crippen molar-refractivity contribution in [3.8, 4) is 0 Å². The van der Waals surface area contributed by atoms with Gasteiger partial charge in [-0.2, -0.15) is 4.31 Å². The molecule has 3 rings (SSSR count). The van der Waals surface area contributed by atoms with E-state index < -0.39 is 16.1 Å². The molecule has 1 aromatic carbocycles. The minimum atomic E-state index is -3.71. The summed E-state index contributed by atoms with van der Waals surface area (Å²) in [7, 11) is -3.71. The number of hydrogen-bond acceptors (Lipinski definition) is 6. The van der Waals surface area contributed by atoms with Crippen LogP contribution in [-0.4, -0.2) is 61.3 Å². The highest BCUT2D eigenvalue weighted by Gasteiger charge is 2.40. The molecule has 0 radical (unpaired) electrons. The number of carbonyl (C=O) groups is 3. The molecule has 9 nitrogen and oxygen atoms in total. The number of cyclic esters (lactones) is 1. The molecule has 0 aromatic heterocycles. The van der Waals surface area contributed by atoms with Gasteiger partial charge in [0.1, 0.15) is 0 Å². The van der Waals surface area contributed by atoms with Crippen molar-refractivity contribution in [2.45, 2.75) is 37.6 Å². The lowest BCUT2D eigenvalue weighted by molar-refractivity contribution is -0.127. The van der Waals surface area contributed by atoms with E-state index >= 15 is 0 Å². The molecular formula is C17H21N3O6S. The Labute approximate surface area is 157 Å². The molecule has 1 aromatic rings. The zero-order valence-electron chi connectivity index (χ0n) is 15.1. The highest BCUT2D eigenvalue weighted by Crippen LogP contribution is 2.28. The van der Waals surface area contributed by atoms with Gasteiger partial charge in [0.05, 0.1) is 4.90 Å². The number of anilines is 1. The number of nitrogens with one attached hydrogen (secondary N) is 1. The van der Waals surface area contributed by atoms with Crippen LogP contribution in [0.5, 0.6) is 0 Å². The highest BCUT2D eigenvalue weighted by atomic mass is 32.2.